The number of anilines is 1. The van der Waals surface area contributed by atoms with Crippen molar-refractivity contribution in [2.24, 2.45) is 5.92 Å². The Labute approximate surface area is 188 Å². The minimum atomic E-state index is -3.58. The van der Waals surface area contributed by atoms with Crippen LogP contribution in [0.4, 0.5) is 5.00 Å². The molecule has 8 heteroatoms. The summed E-state index contributed by atoms with van der Waals surface area (Å²) in [5.41, 5.74) is 1.99. The summed E-state index contributed by atoms with van der Waals surface area (Å²) in [7, 11) is -3.58. The molecule has 3 rings (SSSR count). The Kier molecular flexibility index (Phi) is 7.52. The number of rotatable bonds is 8. The third kappa shape index (κ3) is 5.00. The van der Waals surface area contributed by atoms with E-state index < -0.39 is 10.0 Å². The molecule has 1 aliphatic carbocycles. The smallest absolute Gasteiger partial charge is 0.256 e. The molecule has 0 spiro atoms. The molecular weight excluding hydrogens is 430 g/mol. The molecule has 1 heterocycles. The van der Waals surface area contributed by atoms with Crippen molar-refractivity contribution in [3.63, 3.8) is 0 Å². The first kappa shape index (κ1) is 23.5. The van der Waals surface area contributed by atoms with Gasteiger partial charge in [0, 0.05) is 23.5 Å². The lowest BCUT2D eigenvalue weighted by Gasteiger charge is -2.21. The number of aryl methyl sites for hydroxylation is 1. The van der Waals surface area contributed by atoms with Crippen molar-refractivity contribution in [3.8, 4) is 6.07 Å². The van der Waals surface area contributed by atoms with E-state index in [1.54, 1.807) is 0 Å². The van der Waals surface area contributed by atoms with E-state index in [-0.39, 0.29) is 10.8 Å². The van der Waals surface area contributed by atoms with Crippen molar-refractivity contribution >= 4 is 32.3 Å². The number of nitriles is 1. The quantitative estimate of drug-likeness (QED) is 0.613. The zero-order valence-electron chi connectivity index (χ0n) is 18.3. The van der Waals surface area contributed by atoms with Crippen LogP contribution in [0.3, 0.4) is 0 Å². The number of benzene rings is 1. The molecule has 6 nitrogen and oxygen atoms in total. The van der Waals surface area contributed by atoms with E-state index in [1.165, 1.54) is 44.8 Å². The van der Waals surface area contributed by atoms with E-state index in [0.717, 1.165) is 37.7 Å². The average molecular weight is 460 g/mol. The highest BCUT2D eigenvalue weighted by Gasteiger charge is 2.26. The largest absolute Gasteiger partial charge is 0.312 e. The van der Waals surface area contributed by atoms with E-state index in [0.29, 0.717) is 35.1 Å². The molecular formula is C23H29N3O3S2. The van der Waals surface area contributed by atoms with Crippen molar-refractivity contribution in [2.45, 2.75) is 57.8 Å². The summed E-state index contributed by atoms with van der Waals surface area (Å²) < 4.78 is 27.3. The normalized spacial score (nSPS) is 16.0. The van der Waals surface area contributed by atoms with Gasteiger partial charge in [-0.3, -0.25) is 4.79 Å². The Bertz CT molecular complexity index is 1080. The Morgan fingerprint density at radius 2 is 1.87 bits per heavy atom. The zero-order valence-corrected chi connectivity index (χ0v) is 19.9. The summed E-state index contributed by atoms with van der Waals surface area (Å²) in [4.78, 5) is 14.1. The number of fused-ring (bicyclic) bond motifs is 1. The summed E-state index contributed by atoms with van der Waals surface area (Å²) >= 11 is 1.48. The number of thiophene rings is 1. The minimum Gasteiger partial charge on any atom is -0.312 e. The van der Waals surface area contributed by atoms with Gasteiger partial charge in [0.05, 0.1) is 10.5 Å². The van der Waals surface area contributed by atoms with Gasteiger partial charge < -0.3 is 5.32 Å². The third-order valence-corrected chi connectivity index (χ3v) is 8.67. The molecule has 166 valence electrons. The van der Waals surface area contributed by atoms with Crippen LogP contribution in [0.1, 0.15) is 66.4 Å². The maximum Gasteiger partial charge on any atom is 0.256 e. The van der Waals surface area contributed by atoms with Crippen LogP contribution in [-0.4, -0.2) is 31.7 Å². The second kappa shape index (κ2) is 9.94. The Morgan fingerprint density at radius 3 is 2.45 bits per heavy atom. The number of carbonyl (C=O) groups excluding carboxylic acids is 1. The molecule has 1 amide bonds. The van der Waals surface area contributed by atoms with Crippen molar-refractivity contribution in [2.75, 3.05) is 18.4 Å². The molecule has 0 aliphatic heterocycles. The van der Waals surface area contributed by atoms with Gasteiger partial charge in [-0.1, -0.05) is 20.8 Å². The van der Waals surface area contributed by atoms with Crippen LogP contribution in [0.2, 0.25) is 0 Å². The highest BCUT2D eigenvalue weighted by Crippen LogP contribution is 2.39. The Morgan fingerprint density at radius 1 is 1.23 bits per heavy atom. The van der Waals surface area contributed by atoms with Crippen LogP contribution in [0.25, 0.3) is 0 Å². The number of nitrogens with one attached hydrogen (secondary N) is 1. The second-order valence-corrected chi connectivity index (χ2v) is 11.1. The van der Waals surface area contributed by atoms with Crippen molar-refractivity contribution in [1.82, 2.24) is 4.31 Å². The zero-order chi connectivity index (χ0) is 22.6. The van der Waals surface area contributed by atoms with E-state index in [4.69, 9.17) is 0 Å². The van der Waals surface area contributed by atoms with E-state index in [9.17, 15) is 18.5 Å². The maximum atomic E-state index is 12.9. The number of hydrogen-bond donors (Lipinski definition) is 1. The second-order valence-electron chi connectivity index (χ2n) is 8.05. The molecule has 2 aromatic rings. The molecule has 1 N–H and O–H groups in total. The molecule has 0 unspecified atom stereocenters. The van der Waals surface area contributed by atoms with Gasteiger partial charge in [-0.2, -0.15) is 9.57 Å². The first-order valence-corrected chi connectivity index (χ1v) is 13.0. The monoisotopic (exact) mass is 459 g/mol. The molecule has 0 bridgehead atoms. The molecule has 0 fully saturated rings. The highest BCUT2D eigenvalue weighted by molar-refractivity contribution is 7.89. The van der Waals surface area contributed by atoms with Crippen LogP contribution in [-0.2, 0) is 22.9 Å². The minimum absolute atomic E-state index is 0.184. The van der Waals surface area contributed by atoms with Gasteiger partial charge in [-0.05, 0) is 67.9 Å². The van der Waals surface area contributed by atoms with Crippen LogP contribution in [0.5, 0.6) is 0 Å². The molecule has 0 saturated heterocycles. The Balaban J connectivity index is 1.80. The first-order valence-electron chi connectivity index (χ1n) is 10.8. The fourth-order valence-electron chi connectivity index (χ4n) is 3.92. The SMILES string of the molecule is CCCN(CCC)S(=O)(=O)c1ccc(C(=O)Nc2sc3c(c2C#N)C[C@@H](C)CC3)cc1. The lowest BCUT2D eigenvalue weighted by Crippen LogP contribution is -2.32. The van der Waals surface area contributed by atoms with Crippen molar-refractivity contribution in [1.29, 1.82) is 5.26 Å². The van der Waals surface area contributed by atoms with E-state index >= 15 is 0 Å². The summed E-state index contributed by atoms with van der Waals surface area (Å²) in [6, 6.07) is 8.27. The van der Waals surface area contributed by atoms with Crippen LogP contribution < -0.4 is 5.32 Å². The molecule has 1 aliphatic rings. The van der Waals surface area contributed by atoms with Crippen LogP contribution in [0, 0.1) is 17.2 Å². The fourth-order valence-corrected chi connectivity index (χ4v) is 6.73. The van der Waals surface area contributed by atoms with Crippen LogP contribution in [0.15, 0.2) is 29.2 Å². The number of carbonyl (C=O) groups is 1. The van der Waals surface area contributed by atoms with Gasteiger partial charge in [0.2, 0.25) is 10.0 Å². The molecule has 0 radical (unpaired) electrons. The van der Waals surface area contributed by atoms with Gasteiger partial charge in [0.25, 0.3) is 5.91 Å². The number of amides is 1. The van der Waals surface area contributed by atoms with Gasteiger partial charge in [0.15, 0.2) is 0 Å². The van der Waals surface area contributed by atoms with Crippen LogP contribution >= 0.6 is 11.3 Å². The van der Waals surface area contributed by atoms with Crippen molar-refractivity contribution in [3.05, 3.63) is 45.8 Å². The molecule has 0 saturated carbocycles. The average Bonchev–Trinajstić information content (AvgIpc) is 3.09. The summed E-state index contributed by atoms with van der Waals surface area (Å²) in [6.45, 7) is 7.01. The molecule has 1 aromatic heterocycles. The predicted octanol–water partition coefficient (Wildman–Crippen LogP) is 4.81. The molecule has 1 atom stereocenters. The number of sulfonamides is 1. The lowest BCUT2D eigenvalue weighted by molar-refractivity contribution is 0.102. The fraction of sp³-hybridized carbons (Fsp3) is 0.478. The maximum absolute atomic E-state index is 12.9. The molecule has 31 heavy (non-hydrogen) atoms. The summed E-state index contributed by atoms with van der Waals surface area (Å²) in [6.07, 6.45) is 4.37. The highest BCUT2D eigenvalue weighted by atomic mass is 32.2. The Hall–Kier alpha value is -2.21. The first-order chi connectivity index (χ1) is 14.8. The standard InChI is InChI=1S/C23H29N3O3S2/c1-4-12-26(13-5-2)31(28,29)18-9-7-17(8-10-18)22(27)25-23-20(15-24)19-14-16(3)6-11-21(19)30-23/h7-10,16H,4-6,11-14H2,1-3H3,(H,25,27)/t16-/m0/s1. The van der Waals surface area contributed by atoms with Gasteiger partial charge >= 0.3 is 0 Å². The summed E-state index contributed by atoms with van der Waals surface area (Å²) in [5.74, 6) is 0.193. The van der Waals surface area contributed by atoms with E-state index in [2.05, 4.69) is 18.3 Å². The number of nitrogens with zero attached hydrogens (tertiary/aromatic N) is 2. The lowest BCUT2D eigenvalue weighted by atomic mass is 9.88. The summed E-state index contributed by atoms with van der Waals surface area (Å²) in [5, 5.41) is 13.1. The van der Waals surface area contributed by atoms with Gasteiger partial charge in [-0.25, -0.2) is 8.42 Å². The van der Waals surface area contributed by atoms with Crippen molar-refractivity contribution < 1.29 is 13.2 Å². The van der Waals surface area contributed by atoms with Gasteiger partial charge in [-0.15, -0.1) is 11.3 Å². The predicted molar refractivity (Wildman–Crippen MR) is 124 cm³/mol. The number of hydrogen-bond acceptors (Lipinski definition) is 5. The van der Waals surface area contributed by atoms with Gasteiger partial charge in [0.1, 0.15) is 11.1 Å². The molecule has 1 aromatic carbocycles. The topological polar surface area (TPSA) is 90.3 Å². The van der Waals surface area contributed by atoms with E-state index in [1.807, 2.05) is 13.8 Å². The third-order valence-electron chi connectivity index (χ3n) is 5.55.